The Bertz CT molecular complexity index is 637. The molecule has 1 saturated carbocycles. The molecule has 1 fully saturated rings. The van der Waals surface area contributed by atoms with Crippen LogP contribution in [-0.2, 0) is 0 Å². The van der Waals surface area contributed by atoms with E-state index in [2.05, 4.69) is 10.2 Å². The Morgan fingerprint density at radius 1 is 1.33 bits per heavy atom. The summed E-state index contributed by atoms with van der Waals surface area (Å²) in [5.74, 6) is -0.514. The smallest absolute Gasteiger partial charge is 0.191 e. The standard InChI is InChI=1S/C14H15F2N3OS/c1-8-17-18-14(19(8)9-5-6-9)21-7-12(20)13-10(15)3-2-4-11(13)16/h2-4,9,12,20H,5-7H2,1H3. The second kappa shape index (κ2) is 5.73. The van der Waals surface area contributed by atoms with E-state index in [1.165, 1.54) is 17.8 Å². The highest BCUT2D eigenvalue weighted by Gasteiger charge is 2.29. The van der Waals surface area contributed by atoms with E-state index < -0.39 is 17.7 Å². The van der Waals surface area contributed by atoms with Gasteiger partial charge in [0.2, 0.25) is 0 Å². The topological polar surface area (TPSA) is 50.9 Å². The van der Waals surface area contributed by atoms with E-state index in [4.69, 9.17) is 0 Å². The lowest BCUT2D eigenvalue weighted by molar-refractivity contribution is 0.193. The minimum Gasteiger partial charge on any atom is -0.387 e. The minimum absolute atomic E-state index is 0.128. The van der Waals surface area contributed by atoms with Crippen LogP contribution < -0.4 is 0 Å². The molecule has 0 amide bonds. The van der Waals surface area contributed by atoms with Crippen LogP contribution in [0.1, 0.15) is 36.4 Å². The molecule has 1 atom stereocenters. The molecule has 1 heterocycles. The van der Waals surface area contributed by atoms with Crippen LogP contribution in [0.3, 0.4) is 0 Å². The third kappa shape index (κ3) is 2.94. The Labute approximate surface area is 125 Å². The minimum atomic E-state index is -1.22. The number of benzene rings is 1. The van der Waals surface area contributed by atoms with Gasteiger partial charge in [-0.15, -0.1) is 10.2 Å². The molecule has 0 aliphatic heterocycles. The maximum Gasteiger partial charge on any atom is 0.191 e. The fourth-order valence-corrected chi connectivity index (χ4v) is 3.26. The highest BCUT2D eigenvalue weighted by Crippen LogP contribution is 2.39. The van der Waals surface area contributed by atoms with Crippen molar-refractivity contribution >= 4 is 11.8 Å². The number of aromatic nitrogens is 3. The number of halogens is 2. The molecule has 4 nitrogen and oxygen atoms in total. The molecule has 0 spiro atoms. The summed E-state index contributed by atoms with van der Waals surface area (Å²) in [5, 5.41) is 18.8. The summed E-state index contributed by atoms with van der Waals surface area (Å²) in [6.45, 7) is 1.88. The van der Waals surface area contributed by atoms with Crippen LogP contribution in [0.15, 0.2) is 23.4 Å². The van der Waals surface area contributed by atoms with Crippen LogP contribution in [0.5, 0.6) is 0 Å². The second-order valence-corrected chi connectivity index (χ2v) is 6.08. The Balaban J connectivity index is 1.73. The lowest BCUT2D eigenvalue weighted by Crippen LogP contribution is -2.08. The van der Waals surface area contributed by atoms with E-state index >= 15 is 0 Å². The highest BCUT2D eigenvalue weighted by molar-refractivity contribution is 7.99. The summed E-state index contributed by atoms with van der Waals surface area (Å²) in [6.07, 6.45) is 0.967. The van der Waals surface area contributed by atoms with Gasteiger partial charge in [0.1, 0.15) is 17.5 Å². The van der Waals surface area contributed by atoms with Crippen molar-refractivity contribution in [3.63, 3.8) is 0 Å². The summed E-state index contributed by atoms with van der Waals surface area (Å²) in [7, 11) is 0. The van der Waals surface area contributed by atoms with Crippen molar-refractivity contribution < 1.29 is 13.9 Å². The Kier molecular flexibility index (Phi) is 3.95. The highest BCUT2D eigenvalue weighted by atomic mass is 32.2. The summed E-state index contributed by atoms with van der Waals surface area (Å²) in [4.78, 5) is 0. The van der Waals surface area contributed by atoms with Crippen LogP contribution in [0.25, 0.3) is 0 Å². The predicted octanol–water partition coefficient (Wildman–Crippen LogP) is 3.03. The molecule has 1 aromatic heterocycles. The van der Waals surface area contributed by atoms with Crippen LogP contribution >= 0.6 is 11.8 Å². The summed E-state index contributed by atoms with van der Waals surface area (Å²) >= 11 is 1.26. The Hall–Kier alpha value is -1.47. The van der Waals surface area contributed by atoms with Crippen LogP contribution in [-0.4, -0.2) is 25.6 Å². The molecule has 0 radical (unpaired) electrons. The fourth-order valence-electron chi connectivity index (χ4n) is 2.27. The molecule has 1 unspecified atom stereocenters. The zero-order valence-electron chi connectivity index (χ0n) is 11.5. The van der Waals surface area contributed by atoms with Crippen molar-refractivity contribution in [1.29, 1.82) is 0 Å². The van der Waals surface area contributed by atoms with Gasteiger partial charge in [-0.25, -0.2) is 8.78 Å². The molecule has 7 heteroatoms. The van der Waals surface area contributed by atoms with Crippen LogP contribution in [0.2, 0.25) is 0 Å². The number of thioether (sulfide) groups is 1. The van der Waals surface area contributed by atoms with Gasteiger partial charge in [0.05, 0.1) is 11.7 Å². The first-order chi connectivity index (χ1) is 10.1. The third-order valence-corrected chi connectivity index (χ3v) is 4.47. The number of aryl methyl sites for hydroxylation is 1. The number of nitrogens with zero attached hydrogens (tertiary/aromatic N) is 3. The van der Waals surface area contributed by atoms with Gasteiger partial charge >= 0.3 is 0 Å². The summed E-state index contributed by atoms with van der Waals surface area (Å²) in [6, 6.07) is 3.98. The average Bonchev–Trinajstić information content (AvgIpc) is 3.20. The molecule has 0 saturated heterocycles. The fraction of sp³-hybridized carbons (Fsp3) is 0.429. The molecular formula is C14H15F2N3OS. The summed E-state index contributed by atoms with van der Waals surface area (Å²) in [5.41, 5.74) is -0.292. The first-order valence-electron chi connectivity index (χ1n) is 6.74. The van der Waals surface area contributed by atoms with Crippen molar-refractivity contribution in [2.24, 2.45) is 0 Å². The van der Waals surface area contributed by atoms with Crippen molar-refractivity contribution in [3.05, 3.63) is 41.2 Å². The predicted molar refractivity (Wildman–Crippen MR) is 75.1 cm³/mol. The van der Waals surface area contributed by atoms with Crippen LogP contribution in [0.4, 0.5) is 8.78 Å². The van der Waals surface area contributed by atoms with E-state index in [1.54, 1.807) is 0 Å². The monoisotopic (exact) mass is 311 g/mol. The zero-order valence-corrected chi connectivity index (χ0v) is 12.3. The van der Waals surface area contributed by atoms with Gasteiger partial charge in [-0.3, -0.25) is 0 Å². The molecule has 0 bridgehead atoms. The molecule has 2 aromatic rings. The van der Waals surface area contributed by atoms with Crippen molar-refractivity contribution in [2.75, 3.05) is 5.75 Å². The molecule has 1 N–H and O–H groups in total. The largest absolute Gasteiger partial charge is 0.387 e. The molecule has 1 aromatic carbocycles. The second-order valence-electron chi connectivity index (χ2n) is 5.09. The van der Waals surface area contributed by atoms with Gasteiger partial charge in [0.25, 0.3) is 0 Å². The number of aliphatic hydroxyl groups excluding tert-OH is 1. The molecule has 21 heavy (non-hydrogen) atoms. The van der Waals surface area contributed by atoms with E-state index in [0.717, 1.165) is 30.8 Å². The van der Waals surface area contributed by atoms with Gasteiger partial charge in [-0.05, 0) is 31.9 Å². The Morgan fingerprint density at radius 2 is 2.00 bits per heavy atom. The van der Waals surface area contributed by atoms with Crippen LogP contribution in [0, 0.1) is 18.6 Å². The number of rotatable bonds is 5. The number of hydrogen-bond donors (Lipinski definition) is 1. The van der Waals surface area contributed by atoms with Gasteiger partial charge in [0, 0.05) is 11.8 Å². The first-order valence-corrected chi connectivity index (χ1v) is 7.72. The molecule has 112 valence electrons. The lowest BCUT2D eigenvalue weighted by Gasteiger charge is -2.13. The van der Waals surface area contributed by atoms with E-state index in [9.17, 15) is 13.9 Å². The maximum atomic E-state index is 13.6. The molecule has 1 aliphatic carbocycles. The molecular weight excluding hydrogens is 296 g/mol. The van der Waals surface area contributed by atoms with Crippen molar-refractivity contribution in [1.82, 2.24) is 14.8 Å². The maximum absolute atomic E-state index is 13.6. The molecule has 1 aliphatic rings. The van der Waals surface area contributed by atoms with Crippen molar-refractivity contribution in [3.8, 4) is 0 Å². The third-order valence-electron chi connectivity index (χ3n) is 3.45. The van der Waals surface area contributed by atoms with Crippen molar-refractivity contribution in [2.45, 2.75) is 37.1 Å². The zero-order chi connectivity index (χ0) is 15.0. The summed E-state index contributed by atoms with van der Waals surface area (Å²) < 4.78 is 29.2. The normalized spacial score (nSPS) is 16.2. The average molecular weight is 311 g/mol. The quantitative estimate of drug-likeness (QED) is 0.862. The first kappa shape index (κ1) is 14.5. The number of hydrogen-bond acceptors (Lipinski definition) is 4. The Morgan fingerprint density at radius 3 is 2.62 bits per heavy atom. The van der Waals surface area contributed by atoms with Gasteiger partial charge in [-0.2, -0.15) is 0 Å². The van der Waals surface area contributed by atoms with Gasteiger partial charge in [0.15, 0.2) is 5.16 Å². The van der Waals surface area contributed by atoms with Gasteiger partial charge < -0.3 is 9.67 Å². The lowest BCUT2D eigenvalue weighted by atomic mass is 10.1. The van der Waals surface area contributed by atoms with Gasteiger partial charge in [-0.1, -0.05) is 17.8 Å². The SMILES string of the molecule is Cc1nnc(SCC(O)c2c(F)cccc2F)n1C1CC1. The molecule has 3 rings (SSSR count). The van der Waals surface area contributed by atoms with E-state index in [0.29, 0.717) is 11.2 Å². The van der Waals surface area contributed by atoms with E-state index in [-0.39, 0.29) is 11.3 Å². The van der Waals surface area contributed by atoms with E-state index in [1.807, 2.05) is 11.5 Å². The number of aliphatic hydroxyl groups is 1.